The lowest BCUT2D eigenvalue weighted by molar-refractivity contribution is -0.140. The Kier molecular flexibility index (Phi) is 6.04. The fraction of sp³-hybridized carbons (Fsp3) is 0.188. The molecule has 0 fully saturated rings. The van der Waals surface area contributed by atoms with E-state index in [4.69, 9.17) is 23.2 Å². The van der Waals surface area contributed by atoms with Crippen LogP contribution >= 0.6 is 50.5 Å². The van der Waals surface area contributed by atoms with Crippen molar-refractivity contribution in [1.82, 2.24) is 10.3 Å². The Labute approximate surface area is 179 Å². The second-order valence-electron chi connectivity index (χ2n) is 5.54. The molecule has 148 valence electrons. The van der Waals surface area contributed by atoms with Crippen LogP contribution in [0.2, 0.25) is 10.0 Å². The number of aliphatic imine (C=N–C) groups is 1. The molecule has 2 aromatic rings. The van der Waals surface area contributed by atoms with E-state index in [0.29, 0.717) is 10.6 Å². The molecule has 1 aromatic carbocycles. The number of hydrogen-bond donors (Lipinski definition) is 2. The molecular formula is C16H9BrCl2F3N3O2S. The highest BCUT2D eigenvalue weighted by Crippen LogP contribution is 2.38. The summed E-state index contributed by atoms with van der Waals surface area (Å²) in [4.78, 5) is 19.7. The van der Waals surface area contributed by atoms with Crippen molar-refractivity contribution in [2.24, 2.45) is 4.99 Å². The number of halogens is 6. The highest BCUT2D eigenvalue weighted by molar-refractivity contribution is 9.09. The lowest BCUT2D eigenvalue weighted by Gasteiger charge is -2.25. The molecule has 0 saturated carbocycles. The zero-order chi connectivity index (χ0) is 20.6. The number of thiazole rings is 1. The molecule has 5 nitrogen and oxygen atoms in total. The molecule has 0 aliphatic carbocycles. The number of alkyl halides is 4. The number of aliphatic carboxylic acids is 1. The number of carboxylic acid groups (broad SMARTS) is 1. The molecule has 2 N–H and O–H groups in total. The number of hydrogen-bond acceptors (Lipinski definition) is 5. The molecule has 28 heavy (non-hydrogen) atoms. The molecule has 1 atom stereocenters. The maximum absolute atomic E-state index is 12.9. The summed E-state index contributed by atoms with van der Waals surface area (Å²) in [6.45, 7) is 0. The smallest absolute Gasteiger partial charge is 0.434 e. The van der Waals surface area contributed by atoms with Crippen molar-refractivity contribution in [3.8, 4) is 0 Å². The van der Waals surface area contributed by atoms with Gasteiger partial charge >= 0.3 is 12.1 Å². The third-order valence-corrected chi connectivity index (χ3v) is 5.72. The Bertz CT molecular complexity index is 1010. The van der Waals surface area contributed by atoms with Crippen LogP contribution in [0.5, 0.6) is 0 Å². The number of benzene rings is 1. The summed E-state index contributed by atoms with van der Waals surface area (Å²) in [5.74, 6) is -1.22. The van der Waals surface area contributed by atoms with Gasteiger partial charge < -0.3 is 10.4 Å². The normalized spacial score (nSPS) is 17.4. The van der Waals surface area contributed by atoms with Crippen LogP contribution in [-0.2, 0) is 11.0 Å². The van der Waals surface area contributed by atoms with Crippen LogP contribution in [0.4, 0.5) is 13.2 Å². The van der Waals surface area contributed by atoms with E-state index < -0.39 is 23.9 Å². The third kappa shape index (κ3) is 4.19. The Balaban J connectivity index is 2.13. The van der Waals surface area contributed by atoms with Crippen molar-refractivity contribution in [2.75, 3.05) is 5.33 Å². The van der Waals surface area contributed by atoms with Gasteiger partial charge in [0.05, 0.1) is 5.57 Å². The Hall–Kier alpha value is -1.62. The fourth-order valence-corrected chi connectivity index (χ4v) is 4.25. The Morgan fingerprint density at radius 2 is 2.07 bits per heavy atom. The van der Waals surface area contributed by atoms with Crippen LogP contribution in [0, 0.1) is 0 Å². The van der Waals surface area contributed by atoms with Crippen molar-refractivity contribution in [2.45, 2.75) is 12.2 Å². The Morgan fingerprint density at radius 3 is 2.61 bits per heavy atom. The van der Waals surface area contributed by atoms with Crippen molar-refractivity contribution in [3.05, 3.63) is 61.2 Å². The maximum atomic E-state index is 12.9. The van der Waals surface area contributed by atoms with Gasteiger partial charge in [-0.2, -0.15) is 13.2 Å². The van der Waals surface area contributed by atoms with Gasteiger partial charge in [-0.25, -0.2) is 9.78 Å². The van der Waals surface area contributed by atoms with Gasteiger partial charge in [0.1, 0.15) is 6.04 Å². The van der Waals surface area contributed by atoms with Gasteiger partial charge in [0.15, 0.2) is 16.5 Å². The van der Waals surface area contributed by atoms with Crippen molar-refractivity contribution >= 4 is 62.3 Å². The van der Waals surface area contributed by atoms with E-state index in [-0.39, 0.29) is 32.5 Å². The largest absolute Gasteiger partial charge is 0.478 e. The van der Waals surface area contributed by atoms with E-state index >= 15 is 0 Å². The predicted molar refractivity (Wildman–Crippen MR) is 104 cm³/mol. The first-order chi connectivity index (χ1) is 13.1. The molecule has 1 aromatic heterocycles. The Morgan fingerprint density at radius 1 is 1.36 bits per heavy atom. The predicted octanol–water partition coefficient (Wildman–Crippen LogP) is 5.29. The van der Waals surface area contributed by atoms with Crippen LogP contribution in [0.1, 0.15) is 22.3 Å². The van der Waals surface area contributed by atoms with Crippen molar-refractivity contribution in [1.29, 1.82) is 0 Å². The summed E-state index contributed by atoms with van der Waals surface area (Å²) in [5, 5.41) is 13.9. The molecule has 1 aliphatic rings. The van der Waals surface area contributed by atoms with Crippen molar-refractivity contribution in [3.63, 3.8) is 0 Å². The summed E-state index contributed by atoms with van der Waals surface area (Å²) in [5.41, 5.74) is -0.547. The monoisotopic (exact) mass is 513 g/mol. The third-order valence-electron chi connectivity index (χ3n) is 3.74. The molecule has 1 unspecified atom stereocenters. The van der Waals surface area contributed by atoms with Gasteiger partial charge in [0.25, 0.3) is 0 Å². The second kappa shape index (κ2) is 8.02. The molecule has 3 rings (SSSR count). The standard InChI is InChI=1S/C16H9BrCl2F3N3O2S/c17-4-9-11(15(26)27)12(7-2-1-6(18)3-8(7)19)25-13(23-9)14-24-10(5-28-14)16(20,21)22/h1-3,5,12H,4H2,(H,23,25)(H,26,27). The van der Waals surface area contributed by atoms with Crippen LogP contribution in [0.15, 0.2) is 39.8 Å². The van der Waals surface area contributed by atoms with E-state index in [1.807, 2.05) is 0 Å². The van der Waals surface area contributed by atoms with Gasteiger partial charge in [0.2, 0.25) is 0 Å². The quantitative estimate of drug-likeness (QED) is 0.543. The van der Waals surface area contributed by atoms with Gasteiger partial charge in [0, 0.05) is 32.0 Å². The summed E-state index contributed by atoms with van der Waals surface area (Å²) in [6, 6.07) is 3.44. The summed E-state index contributed by atoms with van der Waals surface area (Å²) in [6.07, 6.45) is -4.59. The lowest BCUT2D eigenvalue weighted by Crippen LogP contribution is -2.34. The topological polar surface area (TPSA) is 74.6 Å². The minimum absolute atomic E-state index is 0.0229. The number of aromatic nitrogens is 1. The minimum Gasteiger partial charge on any atom is -0.478 e. The van der Waals surface area contributed by atoms with Crippen LogP contribution in [0.3, 0.4) is 0 Å². The average molecular weight is 515 g/mol. The van der Waals surface area contributed by atoms with Gasteiger partial charge in [-0.15, -0.1) is 11.3 Å². The lowest BCUT2D eigenvalue weighted by atomic mass is 9.96. The van der Waals surface area contributed by atoms with E-state index in [1.54, 1.807) is 0 Å². The van der Waals surface area contributed by atoms with Crippen LogP contribution in [-0.4, -0.2) is 27.2 Å². The van der Waals surface area contributed by atoms with Gasteiger partial charge in [-0.3, -0.25) is 4.99 Å². The number of allylic oxidation sites excluding steroid dienone is 1. The minimum atomic E-state index is -4.59. The number of nitrogens with zero attached hydrogens (tertiary/aromatic N) is 2. The molecule has 0 radical (unpaired) electrons. The molecular weight excluding hydrogens is 506 g/mol. The highest BCUT2D eigenvalue weighted by Gasteiger charge is 2.36. The summed E-state index contributed by atoms with van der Waals surface area (Å²) >= 11 is 16.1. The number of carbonyl (C=O) groups is 1. The van der Waals surface area contributed by atoms with E-state index in [1.165, 1.54) is 18.2 Å². The zero-order valence-corrected chi connectivity index (χ0v) is 17.4. The van der Waals surface area contributed by atoms with Gasteiger partial charge in [-0.05, 0) is 12.1 Å². The first-order valence-corrected chi connectivity index (χ1v) is 10.2. The molecule has 0 bridgehead atoms. The molecule has 0 spiro atoms. The summed E-state index contributed by atoms with van der Waals surface area (Å²) in [7, 11) is 0. The van der Waals surface area contributed by atoms with Crippen LogP contribution in [0.25, 0.3) is 0 Å². The van der Waals surface area contributed by atoms with E-state index in [2.05, 4.69) is 31.2 Å². The SMILES string of the molecule is O=C(O)C1=C(CBr)NC(c2nc(C(F)(F)F)cs2)=NC1c1ccc(Cl)cc1Cl. The van der Waals surface area contributed by atoms with Crippen molar-refractivity contribution < 1.29 is 23.1 Å². The highest BCUT2D eigenvalue weighted by atomic mass is 79.9. The fourth-order valence-electron chi connectivity index (χ4n) is 2.52. The number of carboxylic acids is 1. The number of amidine groups is 1. The first-order valence-electron chi connectivity index (χ1n) is 7.47. The maximum Gasteiger partial charge on any atom is 0.434 e. The van der Waals surface area contributed by atoms with Gasteiger partial charge in [-0.1, -0.05) is 45.2 Å². The summed E-state index contributed by atoms with van der Waals surface area (Å²) < 4.78 is 38.6. The molecule has 1 aliphatic heterocycles. The number of rotatable bonds is 4. The van der Waals surface area contributed by atoms with E-state index in [9.17, 15) is 23.1 Å². The average Bonchev–Trinajstić information content (AvgIpc) is 3.11. The second-order valence-corrected chi connectivity index (χ2v) is 7.80. The molecule has 12 heteroatoms. The molecule has 0 saturated heterocycles. The molecule has 0 amide bonds. The number of nitrogens with one attached hydrogen (secondary N) is 1. The zero-order valence-electron chi connectivity index (χ0n) is 13.5. The van der Waals surface area contributed by atoms with E-state index in [0.717, 1.165) is 16.7 Å². The molecule has 2 heterocycles. The van der Waals surface area contributed by atoms with Crippen LogP contribution < -0.4 is 5.32 Å². The first kappa shape index (κ1) is 21.1.